The Morgan fingerprint density at radius 1 is 1.30 bits per heavy atom. The highest BCUT2D eigenvalue weighted by Crippen LogP contribution is 2.31. The molecule has 0 spiro atoms. The van der Waals surface area contributed by atoms with Crippen molar-refractivity contribution < 1.29 is 0 Å². The lowest BCUT2D eigenvalue weighted by Gasteiger charge is -2.12. The van der Waals surface area contributed by atoms with E-state index in [0.29, 0.717) is 27.5 Å². The van der Waals surface area contributed by atoms with Crippen LogP contribution in [-0.2, 0) is 0 Å². The SMILES string of the molecule is CCC(C)Nc1nncc(Nc2cccc(Cl)c2Cl)n1. The summed E-state index contributed by atoms with van der Waals surface area (Å²) in [5.74, 6) is 1.03. The maximum absolute atomic E-state index is 6.12. The van der Waals surface area contributed by atoms with E-state index >= 15 is 0 Å². The zero-order valence-corrected chi connectivity index (χ0v) is 12.7. The van der Waals surface area contributed by atoms with Crippen LogP contribution < -0.4 is 10.6 Å². The molecule has 1 aromatic carbocycles. The predicted octanol–water partition coefficient (Wildman–Crippen LogP) is 4.13. The van der Waals surface area contributed by atoms with Crippen LogP contribution in [0.15, 0.2) is 24.4 Å². The fraction of sp³-hybridized carbons (Fsp3) is 0.308. The molecule has 0 aliphatic rings. The van der Waals surface area contributed by atoms with E-state index in [-0.39, 0.29) is 6.04 Å². The number of hydrogen-bond acceptors (Lipinski definition) is 5. The van der Waals surface area contributed by atoms with Crippen LogP contribution in [0.4, 0.5) is 17.5 Å². The molecule has 106 valence electrons. The zero-order valence-electron chi connectivity index (χ0n) is 11.2. The van der Waals surface area contributed by atoms with Crippen molar-refractivity contribution in [2.75, 3.05) is 10.6 Å². The van der Waals surface area contributed by atoms with Crippen LogP contribution >= 0.6 is 23.2 Å². The molecule has 1 heterocycles. The van der Waals surface area contributed by atoms with Crippen molar-refractivity contribution >= 4 is 40.7 Å². The van der Waals surface area contributed by atoms with Crippen molar-refractivity contribution in [2.45, 2.75) is 26.3 Å². The number of halogens is 2. The minimum absolute atomic E-state index is 0.279. The van der Waals surface area contributed by atoms with E-state index in [9.17, 15) is 0 Å². The third-order valence-electron chi connectivity index (χ3n) is 2.76. The second-order valence-electron chi connectivity index (χ2n) is 4.35. The number of nitrogens with one attached hydrogen (secondary N) is 2. The van der Waals surface area contributed by atoms with Gasteiger partial charge < -0.3 is 10.6 Å². The summed E-state index contributed by atoms with van der Waals surface area (Å²) in [6, 6.07) is 5.63. The minimum atomic E-state index is 0.279. The van der Waals surface area contributed by atoms with E-state index in [2.05, 4.69) is 39.7 Å². The molecule has 0 saturated carbocycles. The highest BCUT2D eigenvalue weighted by atomic mass is 35.5. The first-order chi connectivity index (χ1) is 9.60. The van der Waals surface area contributed by atoms with Gasteiger partial charge in [-0.15, -0.1) is 5.10 Å². The van der Waals surface area contributed by atoms with Crippen LogP contribution in [0.2, 0.25) is 10.0 Å². The molecular formula is C13H15Cl2N5. The van der Waals surface area contributed by atoms with Crippen molar-refractivity contribution in [3.8, 4) is 0 Å². The highest BCUT2D eigenvalue weighted by Gasteiger charge is 2.07. The molecule has 7 heteroatoms. The normalized spacial score (nSPS) is 12.0. The van der Waals surface area contributed by atoms with Crippen LogP contribution in [0.25, 0.3) is 0 Å². The molecule has 0 aliphatic heterocycles. The number of anilines is 3. The van der Waals surface area contributed by atoms with E-state index in [0.717, 1.165) is 6.42 Å². The van der Waals surface area contributed by atoms with Gasteiger partial charge in [0.15, 0.2) is 5.82 Å². The van der Waals surface area contributed by atoms with Gasteiger partial charge in [-0.25, -0.2) is 0 Å². The van der Waals surface area contributed by atoms with Crippen LogP contribution in [0, 0.1) is 0 Å². The molecule has 0 fully saturated rings. The third-order valence-corrected chi connectivity index (χ3v) is 3.58. The molecule has 2 aromatic rings. The number of nitrogens with zero attached hydrogens (tertiary/aromatic N) is 3. The van der Waals surface area contributed by atoms with E-state index in [4.69, 9.17) is 23.2 Å². The van der Waals surface area contributed by atoms with Gasteiger partial charge >= 0.3 is 0 Å². The van der Waals surface area contributed by atoms with Gasteiger partial charge in [-0.3, -0.25) is 0 Å². The summed E-state index contributed by atoms with van der Waals surface area (Å²) in [7, 11) is 0. The van der Waals surface area contributed by atoms with Gasteiger partial charge in [0.2, 0.25) is 5.95 Å². The van der Waals surface area contributed by atoms with E-state index < -0.39 is 0 Å². The number of benzene rings is 1. The molecule has 1 aromatic heterocycles. The van der Waals surface area contributed by atoms with E-state index in [1.165, 1.54) is 6.20 Å². The zero-order chi connectivity index (χ0) is 14.5. The van der Waals surface area contributed by atoms with Gasteiger partial charge in [0.1, 0.15) is 0 Å². The maximum Gasteiger partial charge on any atom is 0.244 e. The topological polar surface area (TPSA) is 62.7 Å². The summed E-state index contributed by atoms with van der Waals surface area (Å²) in [5, 5.41) is 15.0. The standard InChI is InChI=1S/C13H15Cl2N5/c1-3-8(2)17-13-19-11(7-16-20-13)18-10-6-4-5-9(14)12(10)15/h4-8H,3H2,1-2H3,(H2,17,18,19,20). The molecule has 5 nitrogen and oxygen atoms in total. The average Bonchev–Trinajstić information content (AvgIpc) is 2.44. The van der Waals surface area contributed by atoms with Crippen LogP contribution in [-0.4, -0.2) is 21.2 Å². The monoisotopic (exact) mass is 311 g/mol. The van der Waals surface area contributed by atoms with Crippen molar-refractivity contribution in [3.05, 3.63) is 34.4 Å². The molecule has 2 N–H and O–H groups in total. The van der Waals surface area contributed by atoms with Gasteiger partial charge in [-0.05, 0) is 25.5 Å². The lowest BCUT2D eigenvalue weighted by Crippen LogP contribution is -2.16. The van der Waals surface area contributed by atoms with Gasteiger partial charge in [-0.2, -0.15) is 10.1 Å². The predicted molar refractivity (Wildman–Crippen MR) is 82.9 cm³/mol. The third kappa shape index (κ3) is 3.71. The van der Waals surface area contributed by atoms with Crippen LogP contribution in [0.5, 0.6) is 0 Å². The molecule has 0 aliphatic carbocycles. The summed E-state index contributed by atoms with van der Waals surface area (Å²) in [4.78, 5) is 4.33. The van der Waals surface area contributed by atoms with Gasteiger partial charge in [0.05, 0.1) is 21.9 Å². The summed E-state index contributed by atoms with van der Waals surface area (Å²) in [6.07, 6.45) is 2.50. The molecule has 0 bridgehead atoms. The highest BCUT2D eigenvalue weighted by molar-refractivity contribution is 6.43. The number of hydrogen-bond donors (Lipinski definition) is 2. The minimum Gasteiger partial charge on any atom is -0.350 e. The summed E-state index contributed by atoms with van der Waals surface area (Å²) in [5.41, 5.74) is 0.675. The first-order valence-corrected chi connectivity index (χ1v) is 7.03. The molecule has 1 atom stereocenters. The van der Waals surface area contributed by atoms with Crippen molar-refractivity contribution in [1.82, 2.24) is 15.2 Å². The van der Waals surface area contributed by atoms with Gasteiger partial charge in [-0.1, -0.05) is 36.2 Å². The Bertz CT molecular complexity index is 591. The Labute approximate surface area is 127 Å². The molecule has 0 amide bonds. The molecule has 0 saturated heterocycles. The number of rotatable bonds is 5. The molecule has 0 radical (unpaired) electrons. The average molecular weight is 312 g/mol. The first kappa shape index (κ1) is 14.8. The smallest absolute Gasteiger partial charge is 0.244 e. The molecular weight excluding hydrogens is 297 g/mol. The molecule has 2 rings (SSSR count). The Kier molecular flexibility index (Phi) is 4.98. The van der Waals surface area contributed by atoms with E-state index in [1.54, 1.807) is 6.07 Å². The van der Waals surface area contributed by atoms with Crippen LogP contribution in [0.3, 0.4) is 0 Å². The second kappa shape index (κ2) is 6.72. The van der Waals surface area contributed by atoms with Crippen molar-refractivity contribution in [2.24, 2.45) is 0 Å². The molecule has 1 unspecified atom stereocenters. The summed E-state index contributed by atoms with van der Waals surface area (Å²) in [6.45, 7) is 4.14. The summed E-state index contributed by atoms with van der Waals surface area (Å²) < 4.78 is 0. The maximum atomic E-state index is 6.12. The Morgan fingerprint density at radius 2 is 2.10 bits per heavy atom. The molecule has 20 heavy (non-hydrogen) atoms. The van der Waals surface area contributed by atoms with E-state index in [1.807, 2.05) is 12.1 Å². The summed E-state index contributed by atoms with van der Waals surface area (Å²) >= 11 is 12.1. The fourth-order valence-corrected chi connectivity index (χ4v) is 1.83. The first-order valence-electron chi connectivity index (χ1n) is 6.27. The lowest BCUT2D eigenvalue weighted by molar-refractivity contribution is 0.746. The second-order valence-corrected chi connectivity index (χ2v) is 5.13. The Hall–Kier alpha value is -1.59. The fourth-order valence-electron chi connectivity index (χ4n) is 1.49. The lowest BCUT2D eigenvalue weighted by atomic mass is 10.3. The Balaban J connectivity index is 2.17. The Morgan fingerprint density at radius 3 is 2.85 bits per heavy atom. The van der Waals surface area contributed by atoms with Crippen molar-refractivity contribution in [1.29, 1.82) is 0 Å². The van der Waals surface area contributed by atoms with Gasteiger partial charge in [0, 0.05) is 6.04 Å². The van der Waals surface area contributed by atoms with Crippen LogP contribution in [0.1, 0.15) is 20.3 Å². The quantitative estimate of drug-likeness (QED) is 0.869. The van der Waals surface area contributed by atoms with Gasteiger partial charge in [0.25, 0.3) is 0 Å². The van der Waals surface area contributed by atoms with Crippen molar-refractivity contribution in [3.63, 3.8) is 0 Å². The largest absolute Gasteiger partial charge is 0.350 e. The number of aromatic nitrogens is 3.